The van der Waals surface area contributed by atoms with Crippen LogP contribution in [0, 0.1) is 0 Å². The molecule has 0 radical (unpaired) electrons. The average molecular weight is 637 g/mol. The summed E-state index contributed by atoms with van der Waals surface area (Å²) < 4.78 is 13.1. The summed E-state index contributed by atoms with van der Waals surface area (Å²) in [6, 6.07) is 50.5. The van der Waals surface area contributed by atoms with E-state index in [-0.39, 0.29) is 6.85 Å². The molecule has 0 unspecified atom stereocenters. The van der Waals surface area contributed by atoms with Gasteiger partial charge in [-0.05, 0) is 94.4 Å². The lowest BCUT2D eigenvalue weighted by Crippen LogP contribution is -2.62. The number of ether oxygens (including phenoxy) is 2. The van der Waals surface area contributed by atoms with Crippen molar-refractivity contribution in [2.45, 2.75) is 9.79 Å². The molecule has 4 nitrogen and oxygen atoms in total. The van der Waals surface area contributed by atoms with Crippen LogP contribution in [-0.2, 0) is 0 Å². The van der Waals surface area contributed by atoms with E-state index in [4.69, 9.17) is 9.47 Å². The van der Waals surface area contributed by atoms with Crippen LogP contribution in [0.1, 0.15) is 0 Å². The second-order valence-electron chi connectivity index (χ2n) is 13.3. The molecule has 0 spiro atoms. The Balaban J connectivity index is 1.30. The van der Waals surface area contributed by atoms with Gasteiger partial charge < -0.3 is 19.2 Å². The van der Waals surface area contributed by atoms with E-state index in [1.807, 2.05) is 24.3 Å². The van der Waals surface area contributed by atoms with E-state index in [9.17, 15) is 0 Å². The fraction of sp³-hybridized carbons (Fsp3) is 0.0476. The number of para-hydroxylation sites is 5. The molecule has 6 heteroatoms. The number of hydrogen-bond donors (Lipinski definition) is 0. The monoisotopic (exact) mass is 636 g/mol. The van der Waals surface area contributed by atoms with Crippen LogP contribution < -0.4 is 30.1 Å². The Labute approximate surface area is 281 Å². The third-order valence-corrected chi connectivity index (χ3v) is 13.4. The highest BCUT2D eigenvalue weighted by Gasteiger charge is 2.49. The third-order valence-electron chi connectivity index (χ3n) is 10.5. The lowest BCUT2D eigenvalue weighted by Gasteiger charge is -2.51. The van der Waals surface area contributed by atoms with Crippen LogP contribution in [0.4, 0.5) is 28.4 Å². The SMILES string of the molecule is CS1(C)c2ccccc2N2c3cc4ccccc4c4c3B(c3cccc1c32)N(c1ccccc1)c1cc2c(cc1-4)Oc1ccccc1O2. The zero-order chi connectivity index (χ0) is 31.7. The molecule has 4 aliphatic heterocycles. The molecule has 228 valence electrons. The molecule has 0 saturated heterocycles. The summed E-state index contributed by atoms with van der Waals surface area (Å²) >= 11 is 0. The highest BCUT2D eigenvalue weighted by Crippen LogP contribution is 2.68. The van der Waals surface area contributed by atoms with Crippen molar-refractivity contribution in [1.29, 1.82) is 0 Å². The number of fused-ring (bicyclic) bond motifs is 10. The van der Waals surface area contributed by atoms with Crippen molar-refractivity contribution in [3.8, 4) is 34.1 Å². The lowest BCUT2D eigenvalue weighted by atomic mass is 9.43. The summed E-state index contributed by atoms with van der Waals surface area (Å²) in [6.07, 6.45) is 4.90. The van der Waals surface area contributed by atoms with E-state index in [1.54, 1.807) is 0 Å². The average Bonchev–Trinajstić information content (AvgIpc) is 3.13. The van der Waals surface area contributed by atoms with Crippen LogP contribution in [0.3, 0.4) is 0 Å². The van der Waals surface area contributed by atoms with Crippen LogP contribution in [0.2, 0.25) is 0 Å². The minimum absolute atomic E-state index is 0.0592. The summed E-state index contributed by atoms with van der Waals surface area (Å²) in [5, 5.41) is 2.46. The van der Waals surface area contributed by atoms with Gasteiger partial charge >= 0.3 is 6.85 Å². The van der Waals surface area contributed by atoms with Crippen molar-refractivity contribution in [2.24, 2.45) is 0 Å². The molecule has 0 atom stereocenters. The fourth-order valence-corrected chi connectivity index (χ4v) is 10.9. The second-order valence-corrected chi connectivity index (χ2v) is 16.8. The van der Waals surface area contributed by atoms with Crippen LogP contribution >= 0.6 is 10.0 Å². The zero-order valence-electron chi connectivity index (χ0n) is 26.5. The maximum absolute atomic E-state index is 6.55. The molecule has 0 fully saturated rings. The number of anilines is 5. The quantitative estimate of drug-likeness (QED) is 0.168. The van der Waals surface area contributed by atoms with Gasteiger partial charge in [0, 0.05) is 38.5 Å². The highest BCUT2D eigenvalue weighted by molar-refractivity contribution is 8.33. The van der Waals surface area contributed by atoms with Crippen molar-refractivity contribution in [3.05, 3.63) is 140 Å². The van der Waals surface area contributed by atoms with Crippen molar-refractivity contribution in [1.82, 2.24) is 0 Å². The van der Waals surface area contributed by atoms with Crippen molar-refractivity contribution in [3.63, 3.8) is 0 Å². The Morgan fingerprint density at radius 2 is 1.25 bits per heavy atom. The maximum Gasteiger partial charge on any atom is 0.333 e. The fourth-order valence-electron chi connectivity index (χ4n) is 8.48. The van der Waals surface area contributed by atoms with Crippen LogP contribution in [-0.4, -0.2) is 19.4 Å². The molecule has 0 N–H and O–H groups in total. The zero-order valence-corrected chi connectivity index (χ0v) is 27.3. The molecule has 0 aliphatic carbocycles. The van der Waals surface area contributed by atoms with Crippen LogP contribution in [0.5, 0.6) is 23.0 Å². The van der Waals surface area contributed by atoms with E-state index in [2.05, 4.69) is 137 Å². The van der Waals surface area contributed by atoms with Crippen molar-refractivity contribution in [2.75, 3.05) is 22.2 Å². The minimum Gasteiger partial charge on any atom is -0.449 e. The van der Waals surface area contributed by atoms with Gasteiger partial charge in [-0.1, -0.05) is 78.9 Å². The summed E-state index contributed by atoms with van der Waals surface area (Å²) in [4.78, 5) is 7.96. The lowest BCUT2D eigenvalue weighted by molar-refractivity contribution is 0.360. The topological polar surface area (TPSA) is 24.9 Å². The van der Waals surface area contributed by atoms with Crippen molar-refractivity contribution < 1.29 is 9.47 Å². The molecule has 11 rings (SSSR count). The van der Waals surface area contributed by atoms with E-state index in [0.29, 0.717) is 0 Å². The largest absolute Gasteiger partial charge is 0.449 e. The van der Waals surface area contributed by atoms with Crippen LogP contribution in [0.15, 0.2) is 149 Å². The summed E-state index contributed by atoms with van der Waals surface area (Å²) in [5.41, 5.74) is 11.1. The van der Waals surface area contributed by atoms with Crippen molar-refractivity contribution >= 4 is 67.0 Å². The first-order valence-electron chi connectivity index (χ1n) is 16.4. The first kappa shape index (κ1) is 26.5. The van der Waals surface area contributed by atoms with E-state index >= 15 is 0 Å². The van der Waals surface area contributed by atoms with Gasteiger partial charge in [0.05, 0.1) is 11.4 Å². The predicted molar refractivity (Wildman–Crippen MR) is 200 cm³/mol. The van der Waals surface area contributed by atoms with Gasteiger partial charge in [0.2, 0.25) is 0 Å². The Hall–Kier alpha value is -5.59. The van der Waals surface area contributed by atoms with Gasteiger partial charge in [0.1, 0.15) is 0 Å². The van der Waals surface area contributed by atoms with Crippen LogP contribution in [0.25, 0.3) is 21.9 Å². The highest BCUT2D eigenvalue weighted by atomic mass is 32.3. The van der Waals surface area contributed by atoms with E-state index < -0.39 is 10.0 Å². The van der Waals surface area contributed by atoms with Gasteiger partial charge in [0.25, 0.3) is 0 Å². The Kier molecular flexibility index (Phi) is 5.12. The standard InChI is InChI=1S/C42H29BN2O2S/c1-48(2)38-21-11-8-18-31(38)44-33-23-26-13-6-7-16-28(26)40-29-24-36-37(47-35-20-10-9-19-34(35)46-36)25-32(29)45(27-14-4-3-5-15-27)43(41(33)40)30-17-12-22-39(48)42(30)44/h3-25H,1-2H3. The first-order chi connectivity index (χ1) is 23.6. The van der Waals surface area contributed by atoms with E-state index in [0.717, 1.165) is 39.9 Å². The van der Waals surface area contributed by atoms with Gasteiger partial charge in [-0.2, -0.15) is 10.0 Å². The number of nitrogens with zero attached hydrogens (tertiary/aromatic N) is 2. The summed E-state index contributed by atoms with van der Waals surface area (Å²) in [7, 11) is -1.28. The Bertz CT molecular complexity index is 2530. The van der Waals surface area contributed by atoms with Gasteiger partial charge in [-0.15, -0.1) is 0 Å². The molecule has 7 aromatic carbocycles. The maximum atomic E-state index is 6.55. The molecule has 7 aromatic rings. The van der Waals surface area contributed by atoms with Gasteiger partial charge in [-0.25, -0.2) is 0 Å². The normalized spacial score (nSPS) is 15.9. The first-order valence-corrected chi connectivity index (χ1v) is 18.8. The molecule has 4 heterocycles. The molecule has 0 saturated carbocycles. The number of hydrogen-bond acceptors (Lipinski definition) is 4. The Morgan fingerprint density at radius 3 is 2.08 bits per heavy atom. The molecule has 4 aliphatic rings. The molecule has 0 bridgehead atoms. The van der Waals surface area contributed by atoms with Gasteiger partial charge in [0.15, 0.2) is 23.0 Å². The molecular weight excluding hydrogens is 607 g/mol. The summed E-state index contributed by atoms with van der Waals surface area (Å²) in [6.45, 7) is -0.0592. The molecule has 0 amide bonds. The third kappa shape index (κ3) is 3.33. The minimum atomic E-state index is -1.28. The predicted octanol–water partition coefficient (Wildman–Crippen LogP) is 10.2. The second kappa shape index (κ2) is 9.27. The molecule has 48 heavy (non-hydrogen) atoms. The van der Waals surface area contributed by atoms with Gasteiger partial charge in [-0.3, -0.25) is 0 Å². The molecular formula is C42H29BN2O2S. The Morgan fingerprint density at radius 1 is 0.562 bits per heavy atom. The summed E-state index contributed by atoms with van der Waals surface area (Å²) in [5.74, 6) is 2.92. The number of rotatable bonds is 1. The molecule has 0 aromatic heterocycles. The smallest absolute Gasteiger partial charge is 0.333 e. The number of benzene rings is 7. The van der Waals surface area contributed by atoms with E-state index in [1.165, 1.54) is 54.1 Å².